The summed E-state index contributed by atoms with van der Waals surface area (Å²) >= 11 is 0. The zero-order chi connectivity index (χ0) is 19.4. The summed E-state index contributed by atoms with van der Waals surface area (Å²) in [6.07, 6.45) is 0.629. The highest BCUT2D eigenvalue weighted by Crippen LogP contribution is 2.24. The topological polar surface area (TPSA) is 99.5 Å². The minimum Gasteiger partial charge on any atom is -0.481 e. The number of rotatable bonds is 6. The van der Waals surface area contributed by atoms with Crippen LogP contribution in [0, 0.1) is 0 Å². The summed E-state index contributed by atoms with van der Waals surface area (Å²) in [6, 6.07) is 9.01. The van der Waals surface area contributed by atoms with Crippen molar-refractivity contribution in [2.24, 2.45) is 5.10 Å². The SMILES string of the molecule is COC1CC(CC(=O)O)N(C(=O)C2=NN(Cc3ccccc3)C(=O)CC2)C1. The molecule has 2 unspecified atom stereocenters. The van der Waals surface area contributed by atoms with Gasteiger partial charge in [-0.25, -0.2) is 5.01 Å². The highest BCUT2D eigenvalue weighted by molar-refractivity contribution is 6.39. The number of hydrazone groups is 1. The molecule has 144 valence electrons. The van der Waals surface area contributed by atoms with Gasteiger partial charge in [0.2, 0.25) is 5.91 Å². The normalized spacial score (nSPS) is 22.7. The molecule has 2 amide bonds. The average molecular weight is 373 g/mol. The molecule has 0 aromatic heterocycles. The molecule has 3 rings (SSSR count). The zero-order valence-corrected chi connectivity index (χ0v) is 15.2. The third-order valence-corrected chi connectivity index (χ3v) is 4.91. The van der Waals surface area contributed by atoms with E-state index in [-0.39, 0.29) is 42.9 Å². The molecule has 8 nitrogen and oxygen atoms in total. The average Bonchev–Trinajstić information content (AvgIpc) is 3.06. The van der Waals surface area contributed by atoms with Crippen LogP contribution in [0.1, 0.15) is 31.2 Å². The van der Waals surface area contributed by atoms with Crippen molar-refractivity contribution in [3.05, 3.63) is 35.9 Å². The van der Waals surface area contributed by atoms with E-state index < -0.39 is 12.0 Å². The number of hydrogen-bond donors (Lipinski definition) is 1. The first-order chi connectivity index (χ1) is 13.0. The van der Waals surface area contributed by atoms with Gasteiger partial charge in [0.1, 0.15) is 5.71 Å². The third-order valence-electron chi connectivity index (χ3n) is 4.91. The van der Waals surface area contributed by atoms with Gasteiger partial charge in [-0.05, 0) is 12.0 Å². The molecule has 1 fully saturated rings. The van der Waals surface area contributed by atoms with Crippen LogP contribution in [-0.4, -0.2) is 64.3 Å². The second-order valence-corrected chi connectivity index (χ2v) is 6.79. The highest BCUT2D eigenvalue weighted by atomic mass is 16.5. The summed E-state index contributed by atoms with van der Waals surface area (Å²) < 4.78 is 5.32. The molecule has 1 aromatic carbocycles. The van der Waals surface area contributed by atoms with E-state index in [1.165, 1.54) is 9.91 Å². The number of amides is 2. The third kappa shape index (κ3) is 4.51. The van der Waals surface area contributed by atoms with Crippen LogP contribution in [0.2, 0.25) is 0 Å². The Kier molecular flexibility index (Phi) is 5.85. The molecule has 0 radical (unpaired) electrons. The van der Waals surface area contributed by atoms with Crippen LogP contribution in [0.3, 0.4) is 0 Å². The Labute approximate surface area is 157 Å². The second kappa shape index (κ2) is 8.30. The van der Waals surface area contributed by atoms with E-state index in [9.17, 15) is 14.4 Å². The quantitative estimate of drug-likeness (QED) is 0.809. The van der Waals surface area contributed by atoms with Crippen molar-refractivity contribution in [3.8, 4) is 0 Å². The minimum absolute atomic E-state index is 0.131. The van der Waals surface area contributed by atoms with Gasteiger partial charge in [0, 0.05) is 32.5 Å². The minimum atomic E-state index is -0.957. The maximum absolute atomic E-state index is 13.0. The van der Waals surface area contributed by atoms with Crippen LogP contribution in [-0.2, 0) is 25.7 Å². The predicted molar refractivity (Wildman–Crippen MR) is 96.8 cm³/mol. The number of carboxylic acid groups (broad SMARTS) is 1. The van der Waals surface area contributed by atoms with Gasteiger partial charge in [0.15, 0.2) is 0 Å². The summed E-state index contributed by atoms with van der Waals surface area (Å²) in [5.74, 6) is -1.40. The molecule has 1 saturated heterocycles. The highest BCUT2D eigenvalue weighted by Gasteiger charge is 2.39. The first kappa shape index (κ1) is 19.0. The number of hydrogen-bond acceptors (Lipinski definition) is 5. The number of carbonyl (C=O) groups is 3. The van der Waals surface area contributed by atoms with Crippen molar-refractivity contribution in [1.29, 1.82) is 0 Å². The van der Waals surface area contributed by atoms with Crippen LogP contribution in [0.25, 0.3) is 0 Å². The van der Waals surface area contributed by atoms with Gasteiger partial charge >= 0.3 is 5.97 Å². The smallest absolute Gasteiger partial charge is 0.305 e. The van der Waals surface area contributed by atoms with Gasteiger partial charge < -0.3 is 14.7 Å². The molecule has 0 bridgehead atoms. The number of carboxylic acids is 1. The number of aliphatic carboxylic acids is 1. The van der Waals surface area contributed by atoms with E-state index in [1.807, 2.05) is 30.3 Å². The summed E-state index contributed by atoms with van der Waals surface area (Å²) in [7, 11) is 1.55. The van der Waals surface area contributed by atoms with Gasteiger partial charge in [-0.15, -0.1) is 0 Å². The summed E-state index contributed by atoms with van der Waals surface area (Å²) in [5, 5.41) is 14.7. The number of likely N-dealkylation sites (tertiary alicyclic amines) is 1. The van der Waals surface area contributed by atoms with Crippen molar-refractivity contribution in [3.63, 3.8) is 0 Å². The number of nitrogens with zero attached hydrogens (tertiary/aromatic N) is 3. The van der Waals surface area contributed by atoms with E-state index in [0.717, 1.165) is 5.56 Å². The summed E-state index contributed by atoms with van der Waals surface area (Å²) in [4.78, 5) is 37.8. The Morgan fingerprint density at radius 2 is 2.00 bits per heavy atom. The van der Waals surface area contributed by atoms with Crippen molar-refractivity contribution < 1.29 is 24.2 Å². The van der Waals surface area contributed by atoms with Gasteiger partial charge in [0.25, 0.3) is 5.91 Å². The first-order valence-electron chi connectivity index (χ1n) is 8.95. The molecule has 1 N–H and O–H groups in total. The first-order valence-corrected chi connectivity index (χ1v) is 8.95. The number of carbonyl (C=O) groups excluding carboxylic acids is 2. The van der Waals surface area contributed by atoms with Crippen molar-refractivity contribution in [2.75, 3.05) is 13.7 Å². The van der Waals surface area contributed by atoms with Crippen LogP contribution in [0.5, 0.6) is 0 Å². The van der Waals surface area contributed by atoms with Gasteiger partial charge in [-0.1, -0.05) is 30.3 Å². The van der Waals surface area contributed by atoms with E-state index >= 15 is 0 Å². The lowest BCUT2D eigenvalue weighted by atomic mass is 10.1. The van der Waals surface area contributed by atoms with E-state index in [0.29, 0.717) is 19.5 Å². The lowest BCUT2D eigenvalue weighted by molar-refractivity contribution is -0.138. The standard InChI is InChI=1S/C19H23N3O5/c1-27-15-9-14(10-18(24)25)21(12-15)19(26)16-7-8-17(23)22(20-16)11-13-5-3-2-4-6-13/h2-6,14-15H,7-12H2,1H3,(H,24,25). The lowest BCUT2D eigenvalue weighted by Crippen LogP contribution is -2.44. The molecule has 0 spiro atoms. The molecule has 8 heteroatoms. The van der Waals surface area contributed by atoms with Gasteiger partial charge in [0.05, 0.1) is 19.1 Å². The van der Waals surface area contributed by atoms with Gasteiger partial charge in [-0.3, -0.25) is 14.4 Å². The molecule has 1 aromatic rings. The fraction of sp³-hybridized carbons (Fsp3) is 0.474. The maximum Gasteiger partial charge on any atom is 0.305 e. The molecule has 2 atom stereocenters. The van der Waals surface area contributed by atoms with Crippen LogP contribution in [0.4, 0.5) is 0 Å². The fourth-order valence-corrected chi connectivity index (χ4v) is 3.49. The predicted octanol–water partition coefficient (Wildman–Crippen LogP) is 1.26. The van der Waals surface area contributed by atoms with Gasteiger partial charge in [-0.2, -0.15) is 5.10 Å². The number of methoxy groups -OCH3 is 1. The maximum atomic E-state index is 13.0. The van der Waals surface area contributed by atoms with Crippen molar-refractivity contribution in [1.82, 2.24) is 9.91 Å². The van der Waals surface area contributed by atoms with E-state index in [2.05, 4.69) is 5.10 Å². The zero-order valence-electron chi connectivity index (χ0n) is 15.2. The second-order valence-electron chi connectivity index (χ2n) is 6.79. The molecule has 0 aliphatic carbocycles. The van der Waals surface area contributed by atoms with Crippen LogP contribution >= 0.6 is 0 Å². The monoisotopic (exact) mass is 373 g/mol. The molecule has 27 heavy (non-hydrogen) atoms. The molecular formula is C19H23N3O5. The Morgan fingerprint density at radius 1 is 1.26 bits per heavy atom. The Balaban J connectivity index is 1.76. The van der Waals surface area contributed by atoms with E-state index in [4.69, 9.17) is 9.84 Å². The number of ether oxygens (including phenoxy) is 1. The lowest BCUT2D eigenvalue weighted by Gasteiger charge is -2.28. The molecule has 2 aliphatic rings. The Morgan fingerprint density at radius 3 is 2.67 bits per heavy atom. The Hall–Kier alpha value is -2.74. The molecular weight excluding hydrogens is 350 g/mol. The largest absolute Gasteiger partial charge is 0.481 e. The summed E-state index contributed by atoms with van der Waals surface area (Å²) in [6.45, 7) is 0.634. The number of benzene rings is 1. The van der Waals surface area contributed by atoms with E-state index in [1.54, 1.807) is 7.11 Å². The van der Waals surface area contributed by atoms with Crippen LogP contribution < -0.4 is 0 Å². The molecule has 2 aliphatic heterocycles. The molecule has 2 heterocycles. The van der Waals surface area contributed by atoms with Crippen LogP contribution in [0.15, 0.2) is 35.4 Å². The molecule has 0 saturated carbocycles. The fourth-order valence-electron chi connectivity index (χ4n) is 3.49. The van der Waals surface area contributed by atoms with Crippen molar-refractivity contribution in [2.45, 2.75) is 44.4 Å². The summed E-state index contributed by atoms with van der Waals surface area (Å²) in [5.41, 5.74) is 1.21. The Bertz CT molecular complexity index is 749. The van der Waals surface area contributed by atoms with Crippen molar-refractivity contribution >= 4 is 23.5 Å².